The van der Waals surface area contributed by atoms with Crippen molar-refractivity contribution in [3.8, 4) is 0 Å². The maximum Gasteiger partial charge on any atom is 0.410 e. The molecule has 4 N–H and O–H groups in total. The van der Waals surface area contributed by atoms with Gasteiger partial charge in [-0.2, -0.15) is 5.10 Å². The van der Waals surface area contributed by atoms with Crippen molar-refractivity contribution in [1.29, 1.82) is 0 Å². The van der Waals surface area contributed by atoms with E-state index in [1.54, 1.807) is 56.3 Å². The Morgan fingerprint density at radius 3 is 2.08 bits per heavy atom. The molecule has 0 spiro atoms. The van der Waals surface area contributed by atoms with Crippen molar-refractivity contribution >= 4 is 35.4 Å². The minimum Gasteiger partial charge on any atom is -0.469 e. The first-order valence-corrected chi connectivity index (χ1v) is 16.3. The molecule has 3 aromatic heterocycles. The summed E-state index contributed by atoms with van der Waals surface area (Å²) in [7, 11) is 1.25. The Labute approximate surface area is 285 Å². The lowest BCUT2D eigenvalue weighted by molar-refractivity contribution is -0.144. The highest BCUT2D eigenvalue weighted by Gasteiger charge is 2.32. The zero-order valence-electron chi connectivity index (χ0n) is 29.5. The van der Waals surface area contributed by atoms with E-state index in [1.165, 1.54) is 16.5 Å². The number of esters is 1. The molecule has 2 saturated heterocycles. The van der Waals surface area contributed by atoms with Crippen molar-refractivity contribution in [2.45, 2.75) is 90.8 Å². The Kier molecular flexibility index (Phi) is 13.4. The van der Waals surface area contributed by atoms with Crippen LogP contribution >= 0.6 is 0 Å². The number of piperidine rings is 2. The van der Waals surface area contributed by atoms with Crippen molar-refractivity contribution in [2.24, 2.45) is 5.92 Å². The van der Waals surface area contributed by atoms with Crippen LogP contribution in [-0.4, -0.2) is 103 Å². The second-order valence-electron chi connectivity index (χ2n) is 13.9. The molecule has 16 heteroatoms. The number of ether oxygens (including phenoxy) is 3. The van der Waals surface area contributed by atoms with Gasteiger partial charge >= 0.3 is 18.2 Å². The van der Waals surface area contributed by atoms with Gasteiger partial charge in [-0.3, -0.25) is 24.6 Å². The number of aromatic amines is 2. The lowest BCUT2D eigenvalue weighted by Gasteiger charge is -2.33. The number of carbonyl (C=O) groups is 4. The van der Waals surface area contributed by atoms with Crippen LogP contribution in [0.4, 0.5) is 15.4 Å². The third-order valence-electron chi connectivity index (χ3n) is 7.49. The van der Waals surface area contributed by atoms with Crippen molar-refractivity contribution in [3.63, 3.8) is 0 Å². The van der Waals surface area contributed by atoms with Gasteiger partial charge in [-0.25, -0.2) is 19.1 Å². The van der Waals surface area contributed by atoms with Gasteiger partial charge < -0.3 is 29.7 Å². The normalized spacial score (nSPS) is 17.9. The monoisotopic (exact) mass is 686 g/mol. The van der Waals surface area contributed by atoms with E-state index in [-0.39, 0.29) is 35.7 Å². The molecule has 2 atom stereocenters. The van der Waals surface area contributed by atoms with Gasteiger partial charge in [0.25, 0.3) is 5.56 Å². The summed E-state index contributed by atoms with van der Waals surface area (Å²) in [6, 6.07) is 5.01. The van der Waals surface area contributed by atoms with Crippen molar-refractivity contribution in [1.82, 2.24) is 34.6 Å². The highest BCUT2D eigenvalue weighted by atomic mass is 16.6. The van der Waals surface area contributed by atoms with E-state index in [0.717, 1.165) is 25.0 Å². The number of hydrogen-bond donors (Lipinski definition) is 3. The zero-order chi connectivity index (χ0) is 36.4. The number of carbonyl (C=O) groups excluding carboxylic acids is 4. The molecule has 2 aliphatic rings. The molecule has 16 nitrogen and oxygen atoms in total. The molecule has 0 saturated carbocycles. The number of amides is 2. The van der Waals surface area contributed by atoms with E-state index in [4.69, 9.17) is 15.2 Å². The summed E-state index contributed by atoms with van der Waals surface area (Å²) in [5.74, 6) is -0.358. The Morgan fingerprint density at radius 2 is 1.55 bits per heavy atom. The summed E-state index contributed by atoms with van der Waals surface area (Å²) in [5.41, 5.74) is 5.30. The summed E-state index contributed by atoms with van der Waals surface area (Å²) < 4.78 is 16.6. The zero-order valence-corrected chi connectivity index (χ0v) is 29.5. The van der Waals surface area contributed by atoms with Crippen LogP contribution in [0, 0.1) is 5.92 Å². The molecular formula is C33H50N8O8. The molecule has 3 aromatic rings. The van der Waals surface area contributed by atoms with E-state index in [0.29, 0.717) is 44.1 Å². The number of ketones is 1. The molecule has 0 bridgehead atoms. The number of anilines is 1. The van der Waals surface area contributed by atoms with E-state index < -0.39 is 23.3 Å². The summed E-state index contributed by atoms with van der Waals surface area (Å²) in [4.78, 5) is 67.1. The lowest BCUT2D eigenvalue weighted by atomic mass is 9.92. The predicted octanol–water partition coefficient (Wildman–Crippen LogP) is 3.89. The number of aromatic nitrogens is 5. The first-order valence-electron chi connectivity index (χ1n) is 16.3. The number of nitrogens with one attached hydrogen (secondary N) is 2. The molecule has 270 valence electrons. The summed E-state index contributed by atoms with van der Waals surface area (Å²) in [6.45, 7) is 13.1. The summed E-state index contributed by atoms with van der Waals surface area (Å²) in [5, 5.41) is 8.93. The summed E-state index contributed by atoms with van der Waals surface area (Å²) >= 11 is 0. The van der Waals surface area contributed by atoms with Gasteiger partial charge in [-0.15, -0.1) is 0 Å². The van der Waals surface area contributed by atoms with Crippen LogP contribution in [-0.2, 0) is 23.8 Å². The number of H-pyrrole nitrogens is 2. The molecule has 49 heavy (non-hydrogen) atoms. The largest absolute Gasteiger partial charge is 0.469 e. The van der Waals surface area contributed by atoms with Crippen LogP contribution < -0.4 is 11.3 Å². The first-order chi connectivity index (χ1) is 23.0. The molecule has 2 amide bonds. The minimum atomic E-state index is -0.556. The molecule has 5 rings (SSSR count). The average Bonchev–Trinajstić information content (AvgIpc) is 3.72. The average molecular weight is 687 g/mol. The Balaban J connectivity index is 0.000000228. The van der Waals surface area contributed by atoms with E-state index in [2.05, 4.69) is 25.0 Å². The number of Topliss-reactive ketones (excluding diaryl/α,β-unsaturated/α-hetero) is 1. The van der Waals surface area contributed by atoms with E-state index in [1.807, 2.05) is 20.8 Å². The second-order valence-corrected chi connectivity index (χ2v) is 13.9. The number of nitrogens with two attached hydrogens (primary N) is 1. The van der Waals surface area contributed by atoms with Gasteiger partial charge in [0, 0.05) is 56.3 Å². The summed E-state index contributed by atoms with van der Waals surface area (Å²) in [6.07, 6.45) is 5.55. The van der Waals surface area contributed by atoms with Gasteiger partial charge in [0.15, 0.2) is 5.65 Å². The molecule has 0 aromatic carbocycles. The topological polar surface area (TPSA) is 207 Å². The second kappa shape index (κ2) is 17.0. The fraction of sp³-hybridized carbons (Fsp3) is 0.606. The molecule has 2 unspecified atom stereocenters. The standard InChI is InChI=1S/C16H22N4O3.C14H23NO5.C3H5N3/c1-16(2,3)23-15(22)19-8-4-5-11(10-19)12-9-14(21)20-13(18-12)6-7-17-20;1-14(2,3)20-13(18)15-7-5-6-10(9-15)11(16)8-12(17)19-4;4-3-1-2-5-6-3/h6-7,9,11,17H,4-5,8,10H2,1-3H3;10H,5-9H2,1-4H3;1-2H,(H3,4,5,6). The SMILES string of the molecule is CC(C)(C)OC(=O)N1CCCC(c2cc(=O)n3[nH]ccc3n2)C1.COC(=O)CC(=O)C1CCCN(C(=O)OC(C)(C)C)C1.Nc1ccn[nH]1. The number of rotatable bonds is 4. The van der Waals surface area contributed by atoms with E-state index in [9.17, 15) is 24.0 Å². The predicted molar refractivity (Wildman–Crippen MR) is 181 cm³/mol. The fourth-order valence-electron chi connectivity index (χ4n) is 5.22. The van der Waals surface area contributed by atoms with Gasteiger partial charge in [-0.1, -0.05) is 0 Å². The Bertz CT molecular complexity index is 1600. The maximum atomic E-state index is 12.2. The number of hydrogen-bond acceptors (Lipinski definition) is 11. The highest BCUT2D eigenvalue weighted by molar-refractivity contribution is 5.97. The molecule has 0 aliphatic carbocycles. The number of nitrogens with zero attached hydrogens (tertiary/aromatic N) is 5. The van der Waals surface area contributed by atoms with Gasteiger partial charge in [0.1, 0.15) is 29.2 Å². The molecule has 0 radical (unpaired) electrons. The van der Waals surface area contributed by atoms with Crippen LogP contribution in [0.5, 0.6) is 0 Å². The minimum absolute atomic E-state index is 0.0591. The van der Waals surface area contributed by atoms with Crippen LogP contribution in [0.1, 0.15) is 85.3 Å². The van der Waals surface area contributed by atoms with Crippen LogP contribution in [0.25, 0.3) is 5.65 Å². The fourth-order valence-corrected chi connectivity index (χ4v) is 5.22. The van der Waals surface area contributed by atoms with Crippen LogP contribution in [0.15, 0.2) is 35.4 Å². The van der Waals surface area contributed by atoms with Crippen molar-refractivity contribution in [2.75, 3.05) is 39.0 Å². The lowest BCUT2D eigenvalue weighted by Crippen LogP contribution is -2.44. The molecule has 2 aliphatic heterocycles. The highest BCUT2D eigenvalue weighted by Crippen LogP contribution is 2.26. The Hall–Kier alpha value is -4.89. The van der Waals surface area contributed by atoms with Crippen LogP contribution in [0.2, 0.25) is 0 Å². The van der Waals surface area contributed by atoms with Gasteiger partial charge in [0.2, 0.25) is 0 Å². The molecular weight excluding hydrogens is 636 g/mol. The van der Waals surface area contributed by atoms with Crippen molar-refractivity contribution < 1.29 is 33.4 Å². The Morgan fingerprint density at radius 1 is 0.939 bits per heavy atom. The third-order valence-corrected chi connectivity index (χ3v) is 7.49. The van der Waals surface area contributed by atoms with Gasteiger partial charge in [-0.05, 0) is 73.3 Å². The molecule has 2 fully saturated rings. The first kappa shape index (κ1) is 38.6. The smallest absolute Gasteiger partial charge is 0.410 e. The number of fused-ring (bicyclic) bond motifs is 1. The number of nitrogen functional groups attached to an aromatic ring is 1. The van der Waals surface area contributed by atoms with Crippen molar-refractivity contribution in [3.05, 3.63) is 46.6 Å². The third kappa shape index (κ3) is 12.6. The maximum absolute atomic E-state index is 12.2. The van der Waals surface area contributed by atoms with Gasteiger partial charge in [0.05, 0.1) is 19.0 Å². The van der Waals surface area contributed by atoms with Crippen LogP contribution in [0.3, 0.4) is 0 Å². The quantitative estimate of drug-likeness (QED) is 0.204. The number of methoxy groups -OCH3 is 1. The number of likely N-dealkylation sites (tertiary alicyclic amines) is 2. The molecule has 5 heterocycles. The van der Waals surface area contributed by atoms with E-state index >= 15 is 0 Å².